The zero-order valence-electron chi connectivity index (χ0n) is 10.7. The van der Waals surface area contributed by atoms with Gasteiger partial charge in [0.25, 0.3) is 0 Å². The lowest BCUT2D eigenvalue weighted by Gasteiger charge is -2.33. The highest BCUT2D eigenvalue weighted by molar-refractivity contribution is 7.10. The molecule has 0 saturated carbocycles. The lowest BCUT2D eigenvalue weighted by Crippen LogP contribution is -2.38. The van der Waals surface area contributed by atoms with Gasteiger partial charge < -0.3 is 0 Å². The Morgan fingerprint density at radius 2 is 2.05 bits per heavy atom. The molecule has 1 aliphatic rings. The van der Waals surface area contributed by atoms with Crippen LogP contribution in [0.25, 0.3) is 0 Å². The van der Waals surface area contributed by atoms with Gasteiger partial charge in [-0.2, -0.15) is 0 Å². The molecule has 4 heterocycles. The van der Waals surface area contributed by atoms with Crippen molar-refractivity contribution in [2.45, 2.75) is 19.1 Å². The molecule has 1 atom stereocenters. The third-order valence-corrected chi connectivity index (χ3v) is 5.31. The highest BCUT2D eigenvalue weighted by atomic mass is 32.1. The van der Waals surface area contributed by atoms with Gasteiger partial charge in [0, 0.05) is 22.8 Å². The molecular weight excluding hydrogens is 290 g/mol. The van der Waals surface area contributed by atoms with Crippen molar-refractivity contribution in [2.24, 2.45) is 0 Å². The van der Waals surface area contributed by atoms with E-state index < -0.39 is 0 Å². The summed E-state index contributed by atoms with van der Waals surface area (Å²) >= 11 is 3.57. The van der Waals surface area contributed by atoms with Crippen molar-refractivity contribution in [1.82, 2.24) is 25.1 Å². The normalized spacial score (nSPS) is 19.1. The molecule has 1 aliphatic heterocycles. The standard InChI is InChI=1S/C13H13N5S2/c1-3-10(19-7-1)9-17-5-6-18-13(14-15-16-18)12(17)11-4-2-8-20-11/h1-4,7-8,12H,5-6,9H2. The Bertz CT molecular complexity index is 674. The van der Waals surface area contributed by atoms with Crippen LogP contribution < -0.4 is 0 Å². The van der Waals surface area contributed by atoms with E-state index in [9.17, 15) is 0 Å². The van der Waals surface area contributed by atoms with Crippen molar-refractivity contribution in [2.75, 3.05) is 6.54 Å². The van der Waals surface area contributed by atoms with Gasteiger partial charge in [0.2, 0.25) is 0 Å². The van der Waals surface area contributed by atoms with Gasteiger partial charge in [-0.3, -0.25) is 4.90 Å². The molecule has 4 rings (SSSR count). The summed E-state index contributed by atoms with van der Waals surface area (Å²) in [6.07, 6.45) is 0. The topological polar surface area (TPSA) is 46.8 Å². The van der Waals surface area contributed by atoms with Crippen LogP contribution in [0.1, 0.15) is 21.6 Å². The molecule has 0 amide bonds. The van der Waals surface area contributed by atoms with E-state index in [1.807, 2.05) is 4.68 Å². The van der Waals surface area contributed by atoms with Gasteiger partial charge in [-0.05, 0) is 33.3 Å². The third kappa shape index (κ3) is 2.07. The smallest absolute Gasteiger partial charge is 0.173 e. The van der Waals surface area contributed by atoms with Gasteiger partial charge in [-0.1, -0.05) is 12.1 Å². The molecule has 0 N–H and O–H groups in total. The predicted octanol–water partition coefficient (Wildman–Crippen LogP) is 2.40. The fourth-order valence-corrected chi connectivity index (χ4v) is 4.19. The molecule has 3 aromatic heterocycles. The second-order valence-electron chi connectivity index (χ2n) is 4.73. The summed E-state index contributed by atoms with van der Waals surface area (Å²) in [4.78, 5) is 5.15. The Hall–Kier alpha value is -1.57. The first-order chi connectivity index (χ1) is 9.92. The Morgan fingerprint density at radius 1 is 1.15 bits per heavy atom. The van der Waals surface area contributed by atoms with Crippen LogP contribution in [0.15, 0.2) is 35.0 Å². The molecule has 0 saturated heterocycles. The molecule has 5 nitrogen and oxygen atoms in total. The molecule has 0 aromatic carbocycles. The molecule has 3 aromatic rings. The Morgan fingerprint density at radius 3 is 2.85 bits per heavy atom. The zero-order chi connectivity index (χ0) is 13.4. The average Bonchev–Trinajstić information content (AvgIpc) is 3.21. The summed E-state index contributed by atoms with van der Waals surface area (Å²) in [6.45, 7) is 2.78. The van der Waals surface area contributed by atoms with E-state index in [-0.39, 0.29) is 6.04 Å². The number of aromatic nitrogens is 4. The number of thiophene rings is 2. The van der Waals surface area contributed by atoms with Crippen molar-refractivity contribution in [3.05, 3.63) is 50.6 Å². The first-order valence-electron chi connectivity index (χ1n) is 6.48. The van der Waals surface area contributed by atoms with Crippen LogP contribution in [0.2, 0.25) is 0 Å². The van der Waals surface area contributed by atoms with Crippen LogP contribution in [0.3, 0.4) is 0 Å². The maximum Gasteiger partial charge on any atom is 0.173 e. The van der Waals surface area contributed by atoms with Crippen molar-refractivity contribution in [3.8, 4) is 0 Å². The lowest BCUT2D eigenvalue weighted by atomic mass is 10.1. The Balaban J connectivity index is 1.71. The molecule has 0 radical (unpaired) electrons. The second-order valence-corrected chi connectivity index (χ2v) is 6.74. The summed E-state index contributed by atoms with van der Waals surface area (Å²) in [5, 5.41) is 16.4. The molecule has 0 bridgehead atoms. The first-order valence-corrected chi connectivity index (χ1v) is 8.23. The fourth-order valence-electron chi connectivity index (χ4n) is 2.61. The molecule has 102 valence electrons. The Labute approximate surface area is 124 Å². The summed E-state index contributed by atoms with van der Waals surface area (Å²) in [5.74, 6) is 0.954. The highest BCUT2D eigenvalue weighted by Gasteiger charge is 2.32. The van der Waals surface area contributed by atoms with Gasteiger partial charge >= 0.3 is 0 Å². The van der Waals surface area contributed by atoms with Crippen LogP contribution >= 0.6 is 22.7 Å². The van der Waals surface area contributed by atoms with E-state index >= 15 is 0 Å². The second kappa shape index (κ2) is 5.08. The van der Waals surface area contributed by atoms with Crippen LogP contribution in [0.4, 0.5) is 0 Å². The minimum atomic E-state index is 0.167. The molecule has 0 fully saturated rings. The number of hydrogen-bond acceptors (Lipinski definition) is 6. The minimum absolute atomic E-state index is 0.167. The van der Waals surface area contributed by atoms with Crippen molar-refractivity contribution in [1.29, 1.82) is 0 Å². The third-order valence-electron chi connectivity index (χ3n) is 3.52. The monoisotopic (exact) mass is 303 g/mol. The number of tetrazole rings is 1. The van der Waals surface area contributed by atoms with Crippen LogP contribution in [-0.4, -0.2) is 31.7 Å². The highest BCUT2D eigenvalue weighted by Crippen LogP contribution is 2.34. The maximum atomic E-state index is 4.24. The van der Waals surface area contributed by atoms with E-state index in [1.54, 1.807) is 22.7 Å². The quantitative estimate of drug-likeness (QED) is 0.745. The van der Waals surface area contributed by atoms with Crippen LogP contribution in [0, 0.1) is 0 Å². The van der Waals surface area contributed by atoms with E-state index in [4.69, 9.17) is 0 Å². The summed E-state index contributed by atoms with van der Waals surface area (Å²) in [7, 11) is 0. The van der Waals surface area contributed by atoms with E-state index in [1.165, 1.54) is 9.75 Å². The van der Waals surface area contributed by atoms with Gasteiger partial charge in [-0.15, -0.1) is 27.8 Å². The lowest BCUT2D eigenvalue weighted by molar-refractivity contribution is 0.168. The van der Waals surface area contributed by atoms with Crippen molar-refractivity contribution < 1.29 is 0 Å². The van der Waals surface area contributed by atoms with Gasteiger partial charge in [0.1, 0.15) is 6.04 Å². The summed E-state index contributed by atoms with van der Waals surface area (Å²) in [5.41, 5.74) is 0. The molecule has 20 heavy (non-hydrogen) atoms. The Kier molecular flexibility index (Phi) is 3.10. The number of nitrogens with zero attached hydrogens (tertiary/aromatic N) is 5. The summed E-state index contributed by atoms with van der Waals surface area (Å²) in [6, 6.07) is 8.72. The number of fused-ring (bicyclic) bond motifs is 1. The van der Waals surface area contributed by atoms with Gasteiger partial charge in [-0.25, -0.2) is 4.68 Å². The molecule has 0 spiro atoms. The van der Waals surface area contributed by atoms with Crippen LogP contribution in [0.5, 0.6) is 0 Å². The van der Waals surface area contributed by atoms with E-state index in [0.29, 0.717) is 0 Å². The maximum absolute atomic E-state index is 4.24. The van der Waals surface area contributed by atoms with E-state index in [2.05, 4.69) is 55.5 Å². The molecule has 7 heteroatoms. The molecule has 1 unspecified atom stereocenters. The van der Waals surface area contributed by atoms with Crippen molar-refractivity contribution in [3.63, 3.8) is 0 Å². The largest absolute Gasteiger partial charge is 0.282 e. The van der Waals surface area contributed by atoms with Gasteiger partial charge in [0.15, 0.2) is 5.82 Å². The number of hydrogen-bond donors (Lipinski definition) is 0. The molecular formula is C13H13N5S2. The summed E-state index contributed by atoms with van der Waals surface area (Å²) < 4.78 is 1.93. The van der Waals surface area contributed by atoms with Crippen molar-refractivity contribution >= 4 is 22.7 Å². The predicted molar refractivity (Wildman–Crippen MR) is 78.7 cm³/mol. The average molecular weight is 303 g/mol. The number of rotatable bonds is 3. The molecule has 0 aliphatic carbocycles. The minimum Gasteiger partial charge on any atom is -0.282 e. The fraction of sp³-hybridized carbons (Fsp3) is 0.308. The SMILES string of the molecule is c1csc(CN2CCn3nnnc3C2c2cccs2)c1. The first kappa shape index (κ1) is 12.2. The van der Waals surface area contributed by atoms with Gasteiger partial charge in [0.05, 0.1) is 6.54 Å². The van der Waals surface area contributed by atoms with Crippen LogP contribution in [-0.2, 0) is 13.1 Å². The zero-order valence-corrected chi connectivity index (χ0v) is 12.3. The van der Waals surface area contributed by atoms with E-state index in [0.717, 1.165) is 25.5 Å².